The first-order chi connectivity index (χ1) is 11.1. The molecule has 0 saturated heterocycles. The topological polar surface area (TPSA) is 41.1 Å². The first-order valence-corrected chi connectivity index (χ1v) is 8.36. The molecule has 0 aromatic heterocycles. The van der Waals surface area contributed by atoms with Crippen molar-refractivity contribution in [2.24, 2.45) is 0 Å². The number of anilines is 1. The molecule has 2 rings (SSSR count). The first kappa shape index (κ1) is 17.4. The summed E-state index contributed by atoms with van der Waals surface area (Å²) in [6.45, 7) is 4.85. The quantitative estimate of drug-likeness (QED) is 0.749. The van der Waals surface area contributed by atoms with Crippen LogP contribution in [0.4, 0.5) is 10.5 Å². The highest BCUT2D eigenvalue weighted by atomic mass is 35.5. The van der Waals surface area contributed by atoms with Crippen molar-refractivity contribution in [3.05, 3.63) is 64.7 Å². The Bertz CT molecular complexity index is 657. The Hall–Kier alpha value is -2.00. The summed E-state index contributed by atoms with van der Waals surface area (Å²) in [5, 5.41) is 6.56. The summed E-state index contributed by atoms with van der Waals surface area (Å²) < 4.78 is 0. The molecule has 0 bridgehead atoms. The fourth-order valence-electron chi connectivity index (χ4n) is 2.44. The number of benzene rings is 2. The van der Waals surface area contributed by atoms with Crippen LogP contribution in [0, 0.1) is 0 Å². The van der Waals surface area contributed by atoms with Crippen LogP contribution in [0.15, 0.2) is 48.5 Å². The minimum absolute atomic E-state index is 0.187. The summed E-state index contributed by atoms with van der Waals surface area (Å²) in [4.78, 5) is 12.1. The molecule has 0 spiro atoms. The van der Waals surface area contributed by atoms with Crippen molar-refractivity contribution in [2.75, 3.05) is 11.9 Å². The second-order valence-corrected chi connectivity index (χ2v) is 6.03. The van der Waals surface area contributed by atoms with Crippen molar-refractivity contribution in [2.45, 2.75) is 32.6 Å². The summed E-state index contributed by atoms with van der Waals surface area (Å²) >= 11 is 6.11. The van der Waals surface area contributed by atoms with Gasteiger partial charge in [-0.25, -0.2) is 4.79 Å². The zero-order chi connectivity index (χ0) is 16.7. The van der Waals surface area contributed by atoms with Gasteiger partial charge in [0.15, 0.2) is 0 Å². The van der Waals surface area contributed by atoms with E-state index in [9.17, 15) is 4.79 Å². The van der Waals surface area contributed by atoms with Crippen LogP contribution in [0.25, 0.3) is 0 Å². The Labute approximate surface area is 143 Å². The van der Waals surface area contributed by atoms with E-state index in [0.29, 0.717) is 18.9 Å². The van der Waals surface area contributed by atoms with Gasteiger partial charge in [-0.05, 0) is 42.0 Å². The Morgan fingerprint density at radius 3 is 2.57 bits per heavy atom. The lowest BCUT2D eigenvalue weighted by molar-refractivity contribution is 0.252. The molecule has 0 aliphatic carbocycles. The highest BCUT2D eigenvalue weighted by molar-refractivity contribution is 6.31. The van der Waals surface area contributed by atoms with Gasteiger partial charge in [-0.15, -0.1) is 0 Å². The van der Waals surface area contributed by atoms with Gasteiger partial charge in [0.05, 0.1) is 0 Å². The molecule has 2 aromatic rings. The van der Waals surface area contributed by atoms with Gasteiger partial charge >= 0.3 is 6.03 Å². The smallest absolute Gasteiger partial charge is 0.319 e. The Morgan fingerprint density at radius 2 is 1.83 bits per heavy atom. The SMILES string of the molecule is CCC(C)c1ccccc1NC(=O)NCCc1ccccc1Cl. The van der Waals surface area contributed by atoms with E-state index in [2.05, 4.69) is 30.5 Å². The van der Waals surface area contributed by atoms with Crippen LogP contribution in [-0.4, -0.2) is 12.6 Å². The summed E-state index contributed by atoms with van der Waals surface area (Å²) in [5.41, 5.74) is 3.07. The molecule has 23 heavy (non-hydrogen) atoms. The summed E-state index contributed by atoms with van der Waals surface area (Å²) in [6, 6.07) is 15.4. The van der Waals surface area contributed by atoms with Gasteiger partial charge in [0.25, 0.3) is 0 Å². The average molecular weight is 331 g/mol. The molecule has 122 valence electrons. The molecule has 1 atom stereocenters. The predicted molar refractivity (Wildman–Crippen MR) is 97.3 cm³/mol. The lowest BCUT2D eigenvalue weighted by Crippen LogP contribution is -2.30. The van der Waals surface area contributed by atoms with Gasteiger partial charge in [0, 0.05) is 17.3 Å². The summed E-state index contributed by atoms with van der Waals surface area (Å²) in [6.07, 6.45) is 1.74. The lowest BCUT2D eigenvalue weighted by Gasteiger charge is -2.16. The zero-order valence-electron chi connectivity index (χ0n) is 13.6. The van der Waals surface area contributed by atoms with E-state index in [1.54, 1.807) is 0 Å². The summed E-state index contributed by atoms with van der Waals surface area (Å²) in [7, 11) is 0. The van der Waals surface area contributed by atoms with Crippen molar-refractivity contribution >= 4 is 23.3 Å². The van der Waals surface area contributed by atoms with Gasteiger partial charge in [0.2, 0.25) is 0 Å². The number of amides is 2. The van der Waals surface area contributed by atoms with Gasteiger partial charge < -0.3 is 10.6 Å². The van der Waals surface area contributed by atoms with Crippen LogP contribution in [0.1, 0.15) is 37.3 Å². The van der Waals surface area contributed by atoms with Crippen molar-refractivity contribution in [1.82, 2.24) is 5.32 Å². The Morgan fingerprint density at radius 1 is 1.13 bits per heavy atom. The van der Waals surface area contributed by atoms with E-state index < -0.39 is 0 Å². The maximum atomic E-state index is 12.1. The molecular weight excluding hydrogens is 308 g/mol. The Balaban J connectivity index is 1.89. The number of rotatable bonds is 6. The van der Waals surface area contributed by atoms with Gasteiger partial charge in [0.1, 0.15) is 0 Å². The molecule has 0 radical (unpaired) electrons. The van der Waals surface area contributed by atoms with E-state index in [1.165, 1.54) is 0 Å². The molecule has 0 saturated carbocycles. The highest BCUT2D eigenvalue weighted by Gasteiger charge is 2.10. The van der Waals surface area contributed by atoms with Crippen LogP contribution >= 0.6 is 11.6 Å². The van der Waals surface area contributed by atoms with Crippen molar-refractivity contribution in [3.8, 4) is 0 Å². The second kappa shape index (κ2) is 8.59. The summed E-state index contributed by atoms with van der Waals surface area (Å²) in [5.74, 6) is 0.412. The van der Waals surface area contributed by atoms with Gasteiger partial charge in [-0.1, -0.05) is 61.8 Å². The molecule has 3 nitrogen and oxygen atoms in total. The van der Waals surface area contributed by atoms with Crippen molar-refractivity contribution < 1.29 is 4.79 Å². The second-order valence-electron chi connectivity index (χ2n) is 5.62. The third-order valence-electron chi connectivity index (χ3n) is 3.99. The number of urea groups is 1. The van der Waals surface area contributed by atoms with Crippen molar-refractivity contribution in [1.29, 1.82) is 0 Å². The zero-order valence-corrected chi connectivity index (χ0v) is 14.4. The molecule has 0 heterocycles. The van der Waals surface area contributed by atoms with Crippen LogP contribution in [0.2, 0.25) is 5.02 Å². The van der Waals surface area contributed by atoms with E-state index >= 15 is 0 Å². The van der Waals surface area contributed by atoms with E-state index in [0.717, 1.165) is 28.3 Å². The number of hydrogen-bond acceptors (Lipinski definition) is 1. The number of carbonyl (C=O) groups is 1. The standard InChI is InChI=1S/C19H23ClN2O/c1-3-14(2)16-9-5-7-11-18(16)22-19(23)21-13-12-15-8-4-6-10-17(15)20/h4-11,14H,3,12-13H2,1-2H3,(H2,21,22,23). The normalized spacial score (nSPS) is 11.8. The number of hydrogen-bond donors (Lipinski definition) is 2. The number of nitrogens with one attached hydrogen (secondary N) is 2. The van der Waals surface area contributed by atoms with Gasteiger partial charge in [-0.2, -0.15) is 0 Å². The maximum Gasteiger partial charge on any atom is 0.319 e. The molecule has 2 aromatic carbocycles. The average Bonchev–Trinajstić information content (AvgIpc) is 2.56. The maximum absolute atomic E-state index is 12.1. The van der Waals surface area contributed by atoms with E-state index in [4.69, 9.17) is 11.6 Å². The monoisotopic (exact) mass is 330 g/mol. The largest absolute Gasteiger partial charge is 0.338 e. The number of carbonyl (C=O) groups excluding carboxylic acids is 1. The van der Waals surface area contributed by atoms with Crippen LogP contribution in [-0.2, 0) is 6.42 Å². The van der Waals surface area contributed by atoms with E-state index in [-0.39, 0.29) is 6.03 Å². The molecule has 0 aliphatic heterocycles. The Kier molecular flexibility index (Phi) is 6.48. The van der Waals surface area contributed by atoms with Crippen LogP contribution in [0.3, 0.4) is 0 Å². The molecular formula is C19H23ClN2O. The fourth-order valence-corrected chi connectivity index (χ4v) is 2.67. The number of halogens is 1. The van der Waals surface area contributed by atoms with Crippen LogP contribution in [0.5, 0.6) is 0 Å². The molecule has 2 N–H and O–H groups in total. The molecule has 0 fully saturated rings. The minimum atomic E-state index is -0.187. The van der Waals surface area contributed by atoms with Crippen molar-refractivity contribution in [3.63, 3.8) is 0 Å². The minimum Gasteiger partial charge on any atom is -0.338 e. The third-order valence-corrected chi connectivity index (χ3v) is 4.36. The molecule has 1 unspecified atom stereocenters. The van der Waals surface area contributed by atoms with Gasteiger partial charge in [-0.3, -0.25) is 0 Å². The molecule has 0 aliphatic rings. The molecule has 4 heteroatoms. The van der Waals surface area contributed by atoms with E-state index in [1.807, 2.05) is 42.5 Å². The highest BCUT2D eigenvalue weighted by Crippen LogP contribution is 2.26. The predicted octanol–water partition coefficient (Wildman–Crippen LogP) is 5.22. The fraction of sp³-hybridized carbons (Fsp3) is 0.316. The third kappa shape index (κ3) is 5.00. The number of para-hydroxylation sites is 1. The van der Waals surface area contributed by atoms with Crippen LogP contribution < -0.4 is 10.6 Å². The first-order valence-electron chi connectivity index (χ1n) is 7.99. The lowest BCUT2D eigenvalue weighted by atomic mass is 9.97. The molecule has 2 amide bonds.